The van der Waals surface area contributed by atoms with E-state index < -0.39 is 0 Å². The van der Waals surface area contributed by atoms with Gasteiger partial charge in [-0.15, -0.1) is 0 Å². The van der Waals surface area contributed by atoms with E-state index in [0.29, 0.717) is 12.5 Å². The summed E-state index contributed by atoms with van der Waals surface area (Å²) in [4.78, 5) is 14.8. The zero-order valence-electron chi connectivity index (χ0n) is 14.3. The number of aryl methyl sites for hydroxylation is 1. The highest BCUT2D eigenvalue weighted by Crippen LogP contribution is 2.23. The van der Waals surface area contributed by atoms with E-state index >= 15 is 0 Å². The number of ether oxygens (including phenoxy) is 1. The van der Waals surface area contributed by atoms with Crippen molar-refractivity contribution in [3.8, 4) is 5.75 Å². The Morgan fingerprint density at radius 1 is 1.12 bits per heavy atom. The Kier molecular flexibility index (Phi) is 5.52. The van der Waals surface area contributed by atoms with Gasteiger partial charge in [-0.25, -0.2) is 0 Å². The molecule has 3 rings (SSSR count). The summed E-state index contributed by atoms with van der Waals surface area (Å²) < 4.78 is 5.25. The lowest BCUT2D eigenvalue weighted by atomic mass is 10.0. The van der Waals surface area contributed by atoms with Gasteiger partial charge in [0.05, 0.1) is 7.11 Å². The molecule has 0 radical (unpaired) electrons. The number of nitrogens with zero attached hydrogens (tertiary/aromatic N) is 1. The first kappa shape index (κ1) is 16.6. The lowest BCUT2D eigenvalue weighted by Crippen LogP contribution is -2.36. The Balaban J connectivity index is 1.57. The average Bonchev–Trinajstić information content (AvgIpc) is 3.09. The van der Waals surface area contributed by atoms with Gasteiger partial charge in [-0.1, -0.05) is 42.5 Å². The summed E-state index contributed by atoms with van der Waals surface area (Å²) in [6.45, 7) is 0.897. The van der Waals surface area contributed by atoms with Crippen molar-refractivity contribution in [1.82, 2.24) is 4.90 Å². The number of amides is 1. The Labute approximate surface area is 144 Å². The number of hydrogen-bond donors (Lipinski definition) is 0. The van der Waals surface area contributed by atoms with Crippen molar-refractivity contribution in [2.75, 3.05) is 13.7 Å². The molecular weight excluding hydrogens is 298 g/mol. The molecular formula is C21H25NO2. The fraction of sp³-hybridized carbons (Fsp3) is 0.381. The van der Waals surface area contributed by atoms with Crippen LogP contribution in [0, 0.1) is 0 Å². The van der Waals surface area contributed by atoms with Crippen LogP contribution in [0.25, 0.3) is 0 Å². The maximum absolute atomic E-state index is 12.7. The van der Waals surface area contributed by atoms with Gasteiger partial charge in [-0.05, 0) is 48.9 Å². The van der Waals surface area contributed by atoms with Crippen LogP contribution in [0.3, 0.4) is 0 Å². The highest BCUT2D eigenvalue weighted by atomic mass is 16.5. The molecule has 3 heteroatoms. The van der Waals surface area contributed by atoms with Gasteiger partial charge in [-0.3, -0.25) is 4.79 Å². The van der Waals surface area contributed by atoms with E-state index in [9.17, 15) is 4.79 Å². The zero-order valence-corrected chi connectivity index (χ0v) is 14.3. The molecule has 126 valence electrons. The van der Waals surface area contributed by atoms with Gasteiger partial charge in [0.2, 0.25) is 5.91 Å². The van der Waals surface area contributed by atoms with Crippen LogP contribution in [0.1, 0.15) is 30.4 Å². The van der Waals surface area contributed by atoms with Crippen LogP contribution in [0.4, 0.5) is 0 Å². The predicted octanol–water partition coefficient (Wildman–Crippen LogP) is 3.86. The standard InChI is InChI=1S/C21H25NO2/c1-24-20-11-5-9-18(16-20)12-13-21(23)22-14-6-10-19(22)15-17-7-3-2-4-8-17/h2-5,7-9,11,16,19H,6,10,12-15H2,1H3. The van der Waals surface area contributed by atoms with E-state index in [2.05, 4.69) is 35.2 Å². The molecule has 1 amide bonds. The summed E-state index contributed by atoms with van der Waals surface area (Å²) in [5.41, 5.74) is 2.47. The van der Waals surface area contributed by atoms with Crippen LogP contribution in [0.5, 0.6) is 5.75 Å². The van der Waals surface area contributed by atoms with E-state index in [-0.39, 0.29) is 5.91 Å². The van der Waals surface area contributed by atoms with Crippen LogP contribution < -0.4 is 4.74 Å². The Morgan fingerprint density at radius 2 is 1.92 bits per heavy atom. The van der Waals surface area contributed by atoms with E-state index in [1.54, 1.807) is 7.11 Å². The minimum atomic E-state index is 0.274. The summed E-state index contributed by atoms with van der Waals surface area (Å²) >= 11 is 0. The first-order valence-electron chi connectivity index (χ1n) is 8.72. The molecule has 1 aliphatic heterocycles. The quantitative estimate of drug-likeness (QED) is 0.808. The highest BCUT2D eigenvalue weighted by Gasteiger charge is 2.28. The molecule has 1 heterocycles. The molecule has 0 saturated carbocycles. The molecule has 1 saturated heterocycles. The second kappa shape index (κ2) is 8.00. The molecule has 1 unspecified atom stereocenters. The van der Waals surface area contributed by atoms with Gasteiger partial charge in [0.1, 0.15) is 5.75 Å². The molecule has 1 fully saturated rings. The Hall–Kier alpha value is -2.29. The minimum Gasteiger partial charge on any atom is -0.497 e. The molecule has 2 aromatic carbocycles. The van der Waals surface area contributed by atoms with Crippen molar-refractivity contribution < 1.29 is 9.53 Å². The Bertz CT molecular complexity index is 669. The van der Waals surface area contributed by atoms with Crippen molar-refractivity contribution in [1.29, 1.82) is 0 Å². The summed E-state index contributed by atoms with van der Waals surface area (Å²) in [5, 5.41) is 0. The molecule has 0 aliphatic carbocycles. The van der Waals surface area contributed by atoms with Crippen LogP contribution in [-0.2, 0) is 17.6 Å². The summed E-state index contributed by atoms with van der Waals surface area (Å²) in [5.74, 6) is 1.12. The summed E-state index contributed by atoms with van der Waals surface area (Å²) in [6, 6.07) is 18.8. The maximum Gasteiger partial charge on any atom is 0.223 e. The van der Waals surface area contributed by atoms with Crippen molar-refractivity contribution in [2.24, 2.45) is 0 Å². The fourth-order valence-electron chi connectivity index (χ4n) is 3.49. The third-order valence-corrected chi connectivity index (χ3v) is 4.77. The van der Waals surface area contributed by atoms with Gasteiger partial charge >= 0.3 is 0 Å². The molecule has 0 aromatic heterocycles. The van der Waals surface area contributed by atoms with E-state index in [4.69, 9.17) is 4.74 Å². The summed E-state index contributed by atoms with van der Waals surface area (Å²) in [7, 11) is 1.67. The smallest absolute Gasteiger partial charge is 0.223 e. The average molecular weight is 323 g/mol. The number of methoxy groups -OCH3 is 1. The largest absolute Gasteiger partial charge is 0.497 e. The molecule has 1 atom stereocenters. The Morgan fingerprint density at radius 3 is 2.71 bits per heavy atom. The van der Waals surface area contributed by atoms with Gasteiger partial charge in [-0.2, -0.15) is 0 Å². The lowest BCUT2D eigenvalue weighted by Gasteiger charge is -2.25. The number of likely N-dealkylation sites (tertiary alicyclic amines) is 1. The fourth-order valence-corrected chi connectivity index (χ4v) is 3.49. The van der Waals surface area contributed by atoms with Gasteiger partial charge < -0.3 is 9.64 Å². The van der Waals surface area contributed by atoms with E-state index in [1.165, 1.54) is 5.56 Å². The predicted molar refractivity (Wildman–Crippen MR) is 96.2 cm³/mol. The number of hydrogen-bond acceptors (Lipinski definition) is 2. The molecule has 24 heavy (non-hydrogen) atoms. The summed E-state index contributed by atoms with van der Waals surface area (Å²) in [6.07, 6.45) is 4.52. The topological polar surface area (TPSA) is 29.5 Å². The molecule has 0 N–H and O–H groups in total. The van der Waals surface area contributed by atoms with Crippen LogP contribution in [-0.4, -0.2) is 30.5 Å². The van der Waals surface area contributed by atoms with Crippen LogP contribution in [0.2, 0.25) is 0 Å². The molecule has 3 nitrogen and oxygen atoms in total. The second-order valence-electron chi connectivity index (χ2n) is 6.42. The highest BCUT2D eigenvalue weighted by molar-refractivity contribution is 5.77. The monoisotopic (exact) mass is 323 g/mol. The van der Waals surface area contributed by atoms with Crippen LogP contribution >= 0.6 is 0 Å². The SMILES string of the molecule is COc1cccc(CCC(=O)N2CCCC2Cc2ccccc2)c1. The van der Waals surface area contributed by atoms with Gasteiger partial charge in [0.25, 0.3) is 0 Å². The molecule has 0 bridgehead atoms. The van der Waals surface area contributed by atoms with Gasteiger partial charge in [0.15, 0.2) is 0 Å². The number of rotatable bonds is 6. The van der Waals surface area contributed by atoms with Crippen molar-refractivity contribution in [2.45, 2.75) is 38.1 Å². The van der Waals surface area contributed by atoms with E-state index in [0.717, 1.165) is 43.5 Å². The van der Waals surface area contributed by atoms with Crippen LogP contribution in [0.15, 0.2) is 54.6 Å². The normalized spacial score (nSPS) is 17.0. The minimum absolute atomic E-state index is 0.274. The molecule has 1 aliphatic rings. The van der Waals surface area contributed by atoms with Crippen molar-refractivity contribution in [3.63, 3.8) is 0 Å². The maximum atomic E-state index is 12.7. The number of carbonyl (C=O) groups is 1. The van der Waals surface area contributed by atoms with Crippen molar-refractivity contribution in [3.05, 3.63) is 65.7 Å². The first-order chi connectivity index (χ1) is 11.8. The second-order valence-corrected chi connectivity index (χ2v) is 6.42. The molecule has 2 aromatic rings. The zero-order chi connectivity index (χ0) is 16.8. The lowest BCUT2D eigenvalue weighted by molar-refractivity contribution is -0.131. The van der Waals surface area contributed by atoms with Gasteiger partial charge in [0, 0.05) is 19.0 Å². The number of benzene rings is 2. The third kappa shape index (κ3) is 4.16. The third-order valence-electron chi connectivity index (χ3n) is 4.77. The first-order valence-corrected chi connectivity index (χ1v) is 8.72. The van der Waals surface area contributed by atoms with E-state index in [1.807, 2.05) is 24.3 Å². The number of carbonyl (C=O) groups excluding carboxylic acids is 1. The molecule has 0 spiro atoms. The van der Waals surface area contributed by atoms with Crippen molar-refractivity contribution >= 4 is 5.91 Å².